The molecule has 96 valence electrons. The van der Waals surface area contributed by atoms with Crippen LogP contribution in [-0.2, 0) is 6.42 Å². The summed E-state index contributed by atoms with van der Waals surface area (Å²) in [6.45, 7) is 2.12. The van der Waals surface area contributed by atoms with Gasteiger partial charge in [-0.3, -0.25) is 4.57 Å². The van der Waals surface area contributed by atoms with Crippen LogP contribution in [0.25, 0.3) is 16.5 Å². The van der Waals surface area contributed by atoms with Crippen LogP contribution >= 0.6 is 11.6 Å². The first-order chi connectivity index (χ1) is 9.31. The van der Waals surface area contributed by atoms with E-state index in [-0.39, 0.29) is 0 Å². The highest BCUT2D eigenvalue weighted by Crippen LogP contribution is 2.26. The minimum Gasteiger partial charge on any atom is -0.269 e. The molecule has 0 aliphatic heterocycles. The van der Waals surface area contributed by atoms with Crippen LogP contribution in [-0.4, -0.2) is 14.8 Å². The van der Waals surface area contributed by atoms with E-state index >= 15 is 0 Å². The van der Waals surface area contributed by atoms with Crippen LogP contribution in [0.4, 0.5) is 0 Å². The highest BCUT2D eigenvalue weighted by molar-refractivity contribution is 6.28. The molecule has 0 aliphatic carbocycles. The molecular formula is C15H14ClN3. The Kier molecular flexibility index (Phi) is 3.22. The van der Waals surface area contributed by atoms with E-state index in [9.17, 15) is 0 Å². The third kappa shape index (κ3) is 2.10. The Hall–Kier alpha value is -1.87. The number of hydrogen-bond donors (Lipinski definition) is 0. The van der Waals surface area contributed by atoms with Gasteiger partial charge in [-0.15, -0.1) is 10.2 Å². The first-order valence-electron chi connectivity index (χ1n) is 6.39. The maximum absolute atomic E-state index is 6.20. The van der Waals surface area contributed by atoms with E-state index in [1.54, 1.807) is 0 Å². The standard InChI is InChI=1S/C15H14ClN3/c1-2-6-14-17-18-15(16)19(14)13-10-5-8-11-7-3-4-9-12(11)13/h3-5,7-10H,2,6H2,1H3. The minimum absolute atomic E-state index is 0.416. The minimum atomic E-state index is 0.416. The molecule has 1 heterocycles. The van der Waals surface area contributed by atoms with E-state index in [4.69, 9.17) is 11.6 Å². The number of nitrogens with zero attached hydrogens (tertiary/aromatic N) is 3. The van der Waals surface area contributed by atoms with E-state index < -0.39 is 0 Å². The second kappa shape index (κ2) is 5.02. The van der Waals surface area contributed by atoms with E-state index in [2.05, 4.69) is 41.4 Å². The lowest BCUT2D eigenvalue weighted by Crippen LogP contribution is -2.02. The lowest BCUT2D eigenvalue weighted by Gasteiger charge is -2.10. The Labute approximate surface area is 116 Å². The Balaban J connectivity index is 2.27. The summed E-state index contributed by atoms with van der Waals surface area (Å²) < 4.78 is 1.94. The lowest BCUT2D eigenvalue weighted by atomic mass is 10.1. The van der Waals surface area contributed by atoms with E-state index in [1.807, 2.05) is 22.8 Å². The summed E-state index contributed by atoms with van der Waals surface area (Å²) in [7, 11) is 0. The summed E-state index contributed by atoms with van der Waals surface area (Å²) in [5.41, 5.74) is 1.04. The summed E-state index contributed by atoms with van der Waals surface area (Å²) in [5, 5.41) is 10.9. The van der Waals surface area contributed by atoms with Gasteiger partial charge in [0.2, 0.25) is 5.28 Å². The molecule has 19 heavy (non-hydrogen) atoms. The van der Waals surface area contributed by atoms with Crippen LogP contribution in [0, 0.1) is 0 Å². The maximum Gasteiger partial charge on any atom is 0.229 e. The van der Waals surface area contributed by atoms with Crippen molar-refractivity contribution in [3.8, 4) is 5.69 Å². The van der Waals surface area contributed by atoms with Crippen molar-refractivity contribution >= 4 is 22.4 Å². The van der Waals surface area contributed by atoms with Gasteiger partial charge in [0.15, 0.2) is 0 Å². The van der Waals surface area contributed by atoms with Crippen molar-refractivity contribution in [2.45, 2.75) is 19.8 Å². The van der Waals surface area contributed by atoms with Gasteiger partial charge < -0.3 is 0 Å². The van der Waals surface area contributed by atoms with Gasteiger partial charge in [0.05, 0.1) is 5.69 Å². The number of hydrogen-bond acceptors (Lipinski definition) is 2. The molecule has 2 aromatic carbocycles. The molecule has 0 N–H and O–H groups in total. The molecule has 0 aliphatic rings. The van der Waals surface area contributed by atoms with Gasteiger partial charge in [0.1, 0.15) is 5.82 Å². The Morgan fingerprint density at radius 1 is 1.05 bits per heavy atom. The van der Waals surface area contributed by atoms with Gasteiger partial charge in [0.25, 0.3) is 0 Å². The first-order valence-corrected chi connectivity index (χ1v) is 6.77. The molecule has 0 atom stereocenters. The van der Waals surface area contributed by atoms with Crippen molar-refractivity contribution in [3.05, 3.63) is 53.6 Å². The molecule has 0 bridgehead atoms. The van der Waals surface area contributed by atoms with Gasteiger partial charge >= 0.3 is 0 Å². The quantitative estimate of drug-likeness (QED) is 0.720. The number of halogens is 1. The van der Waals surface area contributed by atoms with Crippen LogP contribution in [0.5, 0.6) is 0 Å². The molecule has 4 heteroatoms. The van der Waals surface area contributed by atoms with Gasteiger partial charge in [-0.05, 0) is 29.5 Å². The smallest absolute Gasteiger partial charge is 0.229 e. The fraction of sp³-hybridized carbons (Fsp3) is 0.200. The zero-order valence-corrected chi connectivity index (χ0v) is 11.4. The molecule has 0 radical (unpaired) electrons. The summed E-state index contributed by atoms with van der Waals surface area (Å²) in [6.07, 6.45) is 1.88. The van der Waals surface area contributed by atoms with E-state index in [0.29, 0.717) is 5.28 Å². The predicted octanol–water partition coefficient (Wildman–Crippen LogP) is 4.03. The van der Waals surface area contributed by atoms with Gasteiger partial charge in [0, 0.05) is 11.8 Å². The second-order valence-electron chi connectivity index (χ2n) is 4.47. The fourth-order valence-corrected chi connectivity index (χ4v) is 2.55. The predicted molar refractivity (Wildman–Crippen MR) is 77.9 cm³/mol. The molecule has 1 aromatic heterocycles. The number of rotatable bonds is 3. The molecule has 3 rings (SSSR count). The summed E-state index contributed by atoms with van der Waals surface area (Å²) >= 11 is 6.20. The van der Waals surface area contributed by atoms with Crippen molar-refractivity contribution in [1.82, 2.24) is 14.8 Å². The molecule has 3 nitrogen and oxygen atoms in total. The van der Waals surface area contributed by atoms with E-state index in [1.165, 1.54) is 5.39 Å². The van der Waals surface area contributed by atoms with Crippen molar-refractivity contribution in [3.63, 3.8) is 0 Å². The molecule has 0 amide bonds. The molecule has 0 spiro atoms. The number of benzene rings is 2. The Morgan fingerprint density at radius 3 is 2.68 bits per heavy atom. The molecule has 0 fully saturated rings. The monoisotopic (exact) mass is 271 g/mol. The number of aromatic nitrogens is 3. The van der Waals surface area contributed by atoms with E-state index in [0.717, 1.165) is 29.7 Å². The van der Waals surface area contributed by atoms with Crippen molar-refractivity contribution in [2.24, 2.45) is 0 Å². The maximum atomic E-state index is 6.20. The summed E-state index contributed by atoms with van der Waals surface area (Å²) in [4.78, 5) is 0. The highest BCUT2D eigenvalue weighted by Gasteiger charge is 2.13. The summed E-state index contributed by atoms with van der Waals surface area (Å²) in [6, 6.07) is 14.4. The normalized spacial score (nSPS) is 11.1. The topological polar surface area (TPSA) is 30.7 Å². The number of aryl methyl sites for hydroxylation is 1. The molecule has 3 aromatic rings. The zero-order valence-electron chi connectivity index (χ0n) is 10.7. The summed E-state index contributed by atoms with van der Waals surface area (Å²) in [5.74, 6) is 0.906. The Bertz CT molecular complexity index is 713. The van der Waals surface area contributed by atoms with Crippen molar-refractivity contribution < 1.29 is 0 Å². The van der Waals surface area contributed by atoms with Crippen LogP contribution in [0.15, 0.2) is 42.5 Å². The largest absolute Gasteiger partial charge is 0.269 e. The van der Waals surface area contributed by atoms with Crippen molar-refractivity contribution in [1.29, 1.82) is 0 Å². The van der Waals surface area contributed by atoms with Crippen LogP contribution < -0.4 is 0 Å². The first kappa shape index (κ1) is 12.2. The van der Waals surface area contributed by atoms with Crippen LogP contribution in [0.2, 0.25) is 5.28 Å². The van der Waals surface area contributed by atoms with Crippen LogP contribution in [0.3, 0.4) is 0 Å². The van der Waals surface area contributed by atoms with Crippen molar-refractivity contribution in [2.75, 3.05) is 0 Å². The third-order valence-corrected chi connectivity index (χ3v) is 3.42. The van der Waals surface area contributed by atoms with Gasteiger partial charge in [-0.2, -0.15) is 0 Å². The Morgan fingerprint density at radius 2 is 1.84 bits per heavy atom. The number of fused-ring (bicyclic) bond motifs is 1. The highest BCUT2D eigenvalue weighted by atomic mass is 35.5. The second-order valence-corrected chi connectivity index (χ2v) is 4.81. The average Bonchev–Trinajstić information content (AvgIpc) is 2.80. The zero-order chi connectivity index (χ0) is 13.2. The SMILES string of the molecule is CCCc1nnc(Cl)n1-c1cccc2ccccc12. The van der Waals surface area contributed by atoms with Crippen LogP contribution in [0.1, 0.15) is 19.2 Å². The average molecular weight is 272 g/mol. The lowest BCUT2D eigenvalue weighted by molar-refractivity contribution is 0.805. The third-order valence-electron chi connectivity index (χ3n) is 3.17. The van der Waals surface area contributed by atoms with Gasteiger partial charge in [-0.1, -0.05) is 43.3 Å². The molecular weight excluding hydrogens is 258 g/mol. The van der Waals surface area contributed by atoms with Gasteiger partial charge in [-0.25, -0.2) is 0 Å². The molecule has 0 unspecified atom stereocenters. The molecule has 0 saturated heterocycles. The molecule has 0 saturated carbocycles. The fourth-order valence-electron chi connectivity index (χ4n) is 2.32.